The summed E-state index contributed by atoms with van der Waals surface area (Å²) in [5, 5.41) is 27.2. The molecule has 29 heavy (non-hydrogen) atoms. The molecule has 0 unspecified atom stereocenters. The maximum absolute atomic E-state index is 11.3. The van der Waals surface area contributed by atoms with Crippen LogP contribution in [-0.2, 0) is 14.4 Å². The maximum Gasteiger partial charge on any atom is 0.331 e. The first-order valence-corrected chi connectivity index (χ1v) is 8.93. The summed E-state index contributed by atoms with van der Waals surface area (Å²) in [6, 6.07) is 0. The number of carbonyl (C=O) groups is 1. The summed E-state index contributed by atoms with van der Waals surface area (Å²) in [5.41, 5.74) is 1.07. The van der Waals surface area contributed by atoms with Gasteiger partial charge in [0.05, 0.1) is 16.3 Å². The second-order valence-electron chi connectivity index (χ2n) is 5.48. The average molecular weight is 405 g/mol. The molecule has 0 aromatic rings. The Balaban J connectivity index is 5.34. The van der Waals surface area contributed by atoms with Gasteiger partial charge in [0.15, 0.2) is 6.61 Å². The van der Waals surface area contributed by atoms with Crippen LogP contribution in [0, 0.1) is 10.1 Å². The van der Waals surface area contributed by atoms with E-state index in [1.807, 2.05) is 6.92 Å². The van der Waals surface area contributed by atoms with Crippen LogP contribution in [0.5, 0.6) is 0 Å². The minimum absolute atomic E-state index is 0.213. The smallest absolute Gasteiger partial charge is 0.331 e. The Morgan fingerprint density at radius 2 is 2.00 bits per heavy atom. The highest BCUT2D eigenvalue weighted by Crippen LogP contribution is 2.11. The summed E-state index contributed by atoms with van der Waals surface area (Å²) in [6.45, 7) is 9.85. The Kier molecular flexibility index (Phi) is 12.8. The number of hydrogen-bond acceptors (Lipinski definition) is 8. The fourth-order valence-electron chi connectivity index (χ4n) is 1.91. The first-order chi connectivity index (χ1) is 13.8. The molecule has 158 valence electrons. The van der Waals surface area contributed by atoms with Crippen molar-refractivity contribution in [2.24, 2.45) is 10.3 Å². The van der Waals surface area contributed by atoms with Gasteiger partial charge in [0.25, 0.3) is 5.70 Å². The minimum atomic E-state index is -0.564. The van der Waals surface area contributed by atoms with Gasteiger partial charge in [-0.25, -0.2) is 4.79 Å². The van der Waals surface area contributed by atoms with Gasteiger partial charge in [-0.05, 0) is 38.0 Å². The van der Waals surface area contributed by atoms with Crippen LogP contribution in [0.4, 0.5) is 0 Å². The lowest BCUT2D eigenvalue weighted by Gasteiger charge is -2.06. The third-order valence-electron chi connectivity index (χ3n) is 3.45. The molecule has 0 amide bonds. The quantitative estimate of drug-likeness (QED) is 0.0981. The third kappa shape index (κ3) is 10.4. The minimum Gasteiger partial charge on any atom is -0.482 e. The molecule has 1 N–H and O–H groups in total. The lowest BCUT2D eigenvalue weighted by atomic mass is 10.1. The molecule has 0 fully saturated rings. The highest BCUT2D eigenvalue weighted by molar-refractivity contribution is 6.01. The molecular formula is C20H27N3O6. The molecule has 0 bridgehead atoms. The van der Waals surface area contributed by atoms with Crippen molar-refractivity contribution in [2.75, 3.05) is 6.61 Å². The SMILES string of the molecule is C=C\C(=C/C=C/C(CC)=N/OC(C)=O)OC\C(=C/C(=C\C)C(/CC)=N/O)[N+](=O)[O-]. The molecule has 0 aromatic heterocycles. The highest BCUT2D eigenvalue weighted by atomic mass is 16.7. The van der Waals surface area contributed by atoms with Crippen molar-refractivity contribution in [1.82, 2.24) is 0 Å². The van der Waals surface area contributed by atoms with E-state index in [2.05, 4.69) is 21.7 Å². The Hall–Kier alpha value is -3.49. The first-order valence-electron chi connectivity index (χ1n) is 8.93. The molecule has 0 aromatic carbocycles. The number of rotatable bonds is 12. The van der Waals surface area contributed by atoms with Crippen molar-refractivity contribution in [1.29, 1.82) is 0 Å². The summed E-state index contributed by atoms with van der Waals surface area (Å²) in [7, 11) is 0. The number of carbonyl (C=O) groups excluding carboxylic acids is 1. The number of nitro groups is 1. The largest absolute Gasteiger partial charge is 0.482 e. The average Bonchev–Trinajstić information content (AvgIpc) is 2.70. The van der Waals surface area contributed by atoms with E-state index in [1.165, 1.54) is 19.1 Å². The van der Waals surface area contributed by atoms with E-state index in [4.69, 9.17) is 9.94 Å². The van der Waals surface area contributed by atoms with Gasteiger partial charge in [-0.15, -0.1) is 0 Å². The Bertz CT molecular complexity index is 773. The molecule has 0 aliphatic heterocycles. The van der Waals surface area contributed by atoms with Crippen molar-refractivity contribution in [3.8, 4) is 0 Å². The number of nitrogens with zero attached hydrogens (tertiary/aromatic N) is 3. The van der Waals surface area contributed by atoms with Crippen LogP contribution in [0.25, 0.3) is 0 Å². The van der Waals surface area contributed by atoms with Crippen LogP contribution in [-0.4, -0.2) is 34.1 Å². The van der Waals surface area contributed by atoms with Gasteiger partial charge in [0.1, 0.15) is 5.76 Å². The number of ether oxygens (including phenoxy) is 1. The second-order valence-corrected chi connectivity index (χ2v) is 5.48. The topological polar surface area (TPSA) is 124 Å². The lowest BCUT2D eigenvalue weighted by Crippen LogP contribution is -2.09. The van der Waals surface area contributed by atoms with E-state index < -0.39 is 10.9 Å². The number of hydrogen-bond donors (Lipinski definition) is 1. The zero-order valence-corrected chi connectivity index (χ0v) is 17.1. The number of allylic oxidation sites excluding steroid dienone is 7. The molecule has 0 atom stereocenters. The van der Waals surface area contributed by atoms with Crippen LogP contribution >= 0.6 is 0 Å². The van der Waals surface area contributed by atoms with Gasteiger partial charge in [-0.2, -0.15) is 0 Å². The van der Waals surface area contributed by atoms with E-state index >= 15 is 0 Å². The van der Waals surface area contributed by atoms with Crippen LogP contribution < -0.4 is 0 Å². The third-order valence-corrected chi connectivity index (χ3v) is 3.45. The van der Waals surface area contributed by atoms with Gasteiger partial charge in [-0.3, -0.25) is 10.1 Å². The Morgan fingerprint density at radius 1 is 1.31 bits per heavy atom. The lowest BCUT2D eigenvalue weighted by molar-refractivity contribution is -0.430. The molecule has 0 heterocycles. The maximum atomic E-state index is 11.3. The van der Waals surface area contributed by atoms with Crippen LogP contribution in [0.1, 0.15) is 40.5 Å². The zero-order chi connectivity index (χ0) is 22.2. The van der Waals surface area contributed by atoms with E-state index in [0.29, 0.717) is 35.6 Å². The molecule has 0 aliphatic carbocycles. The van der Waals surface area contributed by atoms with E-state index in [9.17, 15) is 14.9 Å². The van der Waals surface area contributed by atoms with Crippen molar-refractivity contribution in [2.45, 2.75) is 40.5 Å². The van der Waals surface area contributed by atoms with Crippen LogP contribution in [0.15, 0.2) is 70.4 Å². The molecular weight excluding hydrogens is 378 g/mol. The fourth-order valence-corrected chi connectivity index (χ4v) is 1.91. The molecule has 9 heteroatoms. The van der Waals surface area contributed by atoms with E-state index in [1.54, 1.807) is 38.2 Å². The normalized spacial score (nSPS) is 14.1. The molecule has 0 rings (SSSR count). The van der Waals surface area contributed by atoms with Gasteiger partial charge in [0, 0.05) is 18.6 Å². The summed E-state index contributed by atoms with van der Waals surface area (Å²) < 4.78 is 5.45. The summed E-state index contributed by atoms with van der Waals surface area (Å²) in [6.07, 6.45) is 10.0. The van der Waals surface area contributed by atoms with Crippen molar-refractivity contribution < 1.29 is 24.5 Å². The predicted octanol–water partition coefficient (Wildman–Crippen LogP) is 4.31. The van der Waals surface area contributed by atoms with Crippen molar-refractivity contribution >= 4 is 17.4 Å². The fraction of sp³-hybridized carbons (Fsp3) is 0.350. The van der Waals surface area contributed by atoms with E-state index in [0.717, 1.165) is 0 Å². The second kappa shape index (κ2) is 14.6. The monoisotopic (exact) mass is 405 g/mol. The highest BCUT2D eigenvalue weighted by Gasteiger charge is 2.15. The van der Waals surface area contributed by atoms with Crippen LogP contribution in [0.2, 0.25) is 0 Å². The molecule has 0 saturated heterocycles. The molecule has 0 saturated carbocycles. The zero-order valence-electron chi connectivity index (χ0n) is 17.1. The number of oxime groups is 2. The molecule has 9 nitrogen and oxygen atoms in total. The van der Waals surface area contributed by atoms with Crippen molar-refractivity contribution in [3.05, 3.63) is 70.2 Å². The van der Waals surface area contributed by atoms with Crippen LogP contribution in [0.3, 0.4) is 0 Å². The summed E-state index contributed by atoms with van der Waals surface area (Å²) in [4.78, 5) is 26.1. The van der Waals surface area contributed by atoms with Gasteiger partial charge < -0.3 is 14.8 Å². The molecule has 0 spiro atoms. The Morgan fingerprint density at radius 3 is 2.45 bits per heavy atom. The standard InChI is InChI=1S/C20H27N3O6/c1-6-16(20(9-4)21-25)13-18(23(26)27)14-28-19(8-3)12-10-11-17(7-2)22-29-15(5)24/h6,8,10-13,25H,3,7,9,14H2,1-2,4-5H3/b11-10+,16-6+,18-13+,19-12+,21-20+,22-17+. The van der Waals surface area contributed by atoms with Gasteiger partial charge in [-0.1, -0.05) is 42.9 Å². The molecule has 0 aliphatic rings. The molecule has 0 radical (unpaired) electrons. The summed E-state index contributed by atoms with van der Waals surface area (Å²) in [5.74, 6) is -0.224. The van der Waals surface area contributed by atoms with E-state index in [-0.39, 0.29) is 12.3 Å². The van der Waals surface area contributed by atoms with Crippen molar-refractivity contribution in [3.63, 3.8) is 0 Å². The van der Waals surface area contributed by atoms with Gasteiger partial charge in [0.2, 0.25) is 0 Å². The Labute approximate surface area is 170 Å². The summed E-state index contributed by atoms with van der Waals surface area (Å²) >= 11 is 0. The predicted molar refractivity (Wildman–Crippen MR) is 111 cm³/mol. The van der Waals surface area contributed by atoms with Gasteiger partial charge >= 0.3 is 5.97 Å². The first kappa shape index (κ1) is 25.5.